The minimum Gasteiger partial charge on any atom is -0.310 e. The first kappa shape index (κ1) is 38.1. The average Bonchev–Trinajstić information content (AvgIpc) is 3.86. The van der Waals surface area contributed by atoms with Crippen LogP contribution < -0.4 is 9.80 Å². The maximum Gasteiger partial charge on any atom is 0.0540 e. The third kappa shape index (κ3) is 5.41. The lowest BCUT2D eigenvalue weighted by Crippen LogP contribution is -2.31. The molecule has 2 aliphatic heterocycles. The lowest BCUT2D eigenvalue weighted by molar-refractivity contribution is 0.563. The first-order valence-corrected chi connectivity index (χ1v) is 23.3. The highest BCUT2D eigenvalue weighted by Gasteiger charge is 2.48. The molecule has 0 amide bonds. The van der Waals surface area contributed by atoms with Gasteiger partial charge in [0.1, 0.15) is 0 Å². The van der Waals surface area contributed by atoms with E-state index in [2.05, 4.69) is 244 Å². The van der Waals surface area contributed by atoms with Crippen LogP contribution in [-0.2, 0) is 29.1 Å². The van der Waals surface area contributed by atoms with Gasteiger partial charge in [0.15, 0.2) is 0 Å². The van der Waals surface area contributed by atoms with Crippen molar-refractivity contribution in [2.45, 2.75) is 56.8 Å². The molecule has 0 bridgehead atoms. The molecule has 2 heterocycles. The molecule has 1 spiro atoms. The van der Waals surface area contributed by atoms with Crippen LogP contribution in [0.1, 0.15) is 83.3 Å². The van der Waals surface area contributed by atoms with Crippen molar-refractivity contribution >= 4 is 57.0 Å². The van der Waals surface area contributed by atoms with Crippen LogP contribution in [0.15, 0.2) is 194 Å². The molecule has 0 fully saturated rings. The molecular weight excluding hydrogens is 785 g/mol. The van der Waals surface area contributed by atoms with Gasteiger partial charge in [0.2, 0.25) is 0 Å². The van der Waals surface area contributed by atoms with E-state index >= 15 is 0 Å². The second-order valence-corrected chi connectivity index (χ2v) is 19.8. The lowest BCUT2D eigenvalue weighted by Gasteiger charge is -2.42. The Balaban J connectivity index is 0.912. The molecule has 0 radical (unpaired) electrons. The van der Waals surface area contributed by atoms with Crippen LogP contribution in [0.25, 0.3) is 34.1 Å². The van der Waals surface area contributed by atoms with Crippen LogP contribution >= 0.6 is 0 Å². The van der Waals surface area contributed by atoms with E-state index in [1.165, 1.54) is 112 Å². The Morgan fingerprint density at radius 3 is 1.42 bits per heavy atom. The molecule has 0 unspecified atom stereocenters. The summed E-state index contributed by atoms with van der Waals surface area (Å²) in [6, 6.07) is 73.1. The Kier molecular flexibility index (Phi) is 8.08. The summed E-state index contributed by atoms with van der Waals surface area (Å²) in [6.07, 6.45) is 6.65. The summed E-state index contributed by atoms with van der Waals surface area (Å²) in [5.74, 6) is 0. The van der Waals surface area contributed by atoms with Crippen LogP contribution in [0.3, 0.4) is 0 Å². The van der Waals surface area contributed by atoms with Crippen molar-refractivity contribution in [3.63, 3.8) is 0 Å². The molecule has 312 valence electrons. The zero-order valence-electron chi connectivity index (χ0n) is 37.4. The minimum atomic E-state index is -0.160. The summed E-state index contributed by atoms with van der Waals surface area (Å²) in [6.45, 7) is 9.43. The number of nitrogens with zero attached hydrogens (tertiary/aromatic N) is 2. The van der Waals surface area contributed by atoms with E-state index in [0.29, 0.717) is 0 Å². The Labute approximate surface area is 382 Å². The van der Waals surface area contributed by atoms with Crippen LogP contribution in [-0.4, -0.2) is 0 Å². The lowest BCUT2D eigenvalue weighted by atomic mass is 9.73. The van der Waals surface area contributed by atoms with Crippen molar-refractivity contribution in [3.05, 3.63) is 250 Å². The number of fused-ring (bicyclic) bond motifs is 11. The molecule has 0 N–H and O–H groups in total. The monoisotopic (exact) mass is 834 g/mol. The molecule has 0 saturated heterocycles. The molecule has 2 aliphatic carbocycles. The van der Waals surface area contributed by atoms with Crippen molar-refractivity contribution in [1.82, 2.24) is 0 Å². The van der Waals surface area contributed by atoms with E-state index in [4.69, 9.17) is 0 Å². The summed E-state index contributed by atoms with van der Waals surface area (Å²) in [5, 5.41) is 2.48. The van der Waals surface area contributed by atoms with Crippen LogP contribution in [0.5, 0.6) is 0 Å². The smallest absolute Gasteiger partial charge is 0.0540 e. The predicted octanol–water partition coefficient (Wildman–Crippen LogP) is 16.3. The highest BCUT2D eigenvalue weighted by molar-refractivity contribution is 6.04. The summed E-state index contributed by atoms with van der Waals surface area (Å²) < 4.78 is 0. The standard InChI is InChI=1S/C63H50N2/c1-61(2)50-22-7-11-26-57(50)64(58-27-12-8-23-51(58)61)45-34-36-48-47-35-32-41(37-54(47)63(55(48)38-45)39-43-17-5-6-18-44(43)40-63)31-33-42-19-15-21-49-46(42)20-16-30-56(49)65-59-28-13-9-24-52(59)62(3,4)53-25-10-14-29-60(53)65/h5-38H,39-40H2,1-4H3/b33-31+. The number of hydrogen-bond donors (Lipinski definition) is 0. The predicted molar refractivity (Wildman–Crippen MR) is 273 cm³/mol. The second-order valence-electron chi connectivity index (χ2n) is 19.8. The number of hydrogen-bond acceptors (Lipinski definition) is 2. The average molecular weight is 835 g/mol. The zero-order valence-corrected chi connectivity index (χ0v) is 37.4. The van der Waals surface area contributed by atoms with Crippen LogP contribution in [0.2, 0.25) is 0 Å². The van der Waals surface area contributed by atoms with Gasteiger partial charge in [0.25, 0.3) is 0 Å². The number of benzene rings is 9. The highest BCUT2D eigenvalue weighted by atomic mass is 15.2. The number of anilines is 6. The fraction of sp³-hybridized carbons (Fsp3) is 0.143. The van der Waals surface area contributed by atoms with Crippen molar-refractivity contribution in [3.8, 4) is 11.1 Å². The summed E-state index contributed by atoms with van der Waals surface area (Å²) in [7, 11) is 0. The van der Waals surface area contributed by atoms with Gasteiger partial charge in [-0.3, -0.25) is 0 Å². The third-order valence-corrected chi connectivity index (χ3v) is 15.6. The van der Waals surface area contributed by atoms with Crippen molar-refractivity contribution in [2.24, 2.45) is 0 Å². The van der Waals surface area contributed by atoms with Crippen molar-refractivity contribution in [1.29, 1.82) is 0 Å². The Morgan fingerprint density at radius 1 is 0.369 bits per heavy atom. The normalized spacial score (nSPS) is 16.4. The molecule has 9 aromatic rings. The van der Waals surface area contributed by atoms with Gasteiger partial charge in [-0.25, -0.2) is 0 Å². The molecule has 0 atom stereocenters. The first-order chi connectivity index (χ1) is 31.7. The third-order valence-electron chi connectivity index (χ3n) is 15.6. The van der Waals surface area contributed by atoms with Crippen molar-refractivity contribution < 1.29 is 0 Å². The SMILES string of the molecule is CC1(C)c2ccccc2N(c2ccc3c(c2)C2(Cc4ccccc4C2)c2cc(/C=C/c4cccc5c(N6c7ccccc7C(C)(C)c7ccccc76)cccc45)ccc2-3)c2ccccc21. The first-order valence-electron chi connectivity index (χ1n) is 23.3. The quantitative estimate of drug-likeness (QED) is 0.163. The topological polar surface area (TPSA) is 6.48 Å². The molecule has 2 nitrogen and oxygen atoms in total. The van der Waals surface area contributed by atoms with E-state index in [9.17, 15) is 0 Å². The van der Waals surface area contributed by atoms with E-state index in [0.717, 1.165) is 12.8 Å². The van der Waals surface area contributed by atoms with Gasteiger partial charge in [0.05, 0.1) is 28.4 Å². The molecule has 2 heteroatoms. The van der Waals surface area contributed by atoms with Gasteiger partial charge in [-0.05, 0) is 127 Å². The molecular formula is C63H50N2. The summed E-state index contributed by atoms with van der Waals surface area (Å²) in [5.41, 5.74) is 23.4. The fourth-order valence-electron chi connectivity index (χ4n) is 12.5. The minimum absolute atomic E-state index is 0.105. The van der Waals surface area contributed by atoms with Crippen molar-refractivity contribution in [2.75, 3.05) is 9.80 Å². The van der Waals surface area contributed by atoms with E-state index in [1.54, 1.807) is 0 Å². The Bertz CT molecular complexity index is 3350. The Morgan fingerprint density at radius 2 is 0.831 bits per heavy atom. The molecule has 65 heavy (non-hydrogen) atoms. The summed E-state index contributed by atoms with van der Waals surface area (Å²) in [4.78, 5) is 5.00. The molecule has 4 aliphatic rings. The van der Waals surface area contributed by atoms with Gasteiger partial charge in [0, 0.05) is 27.3 Å². The molecule has 9 aromatic carbocycles. The van der Waals surface area contributed by atoms with E-state index in [-0.39, 0.29) is 16.2 Å². The fourth-order valence-corrected chi connectivity index (χ4v) is 12.5. The summed E-state index contributed by atoms with van der Waals surface area (Å²) >= 11 is 0. The van der Waals surface area contributed by atoms with Gasteiger partial charge in [-0.1, -0.05) is 192 Å². The van der Waals surface area contributed by atoms with Gasteiger partial charge >= 0.3 is 0 Å². The van der Waals surface area contributed by atoms with Crippen LogP contribution in [0, 0.1) is 0 Å². The molecule has 0 aromatic heterocycles. The largest absolute Gasteiger partial charge is 0.310 e. The van der Waals surface area contributed by atoms with Gasteiger partial charge in [-0.2, -0.15) is 0 Å². The maximum absolute atomic E-state index is 2.54. The van der Waals surface area contributed by atoms with Crippen LogP contribution in [0.4, 0.5) is 34.1 Å². The zero-order chi connectivity index (χ0) is 43.7. The second kappa shape index (κ2) is 13.8. The molecule has 13 rings (SSSR count). The Hall–Kier alpha value is -7.42. The van der Waals surface area contributed by atoms with Gasteiger partial charge in [-0.15, -0.1) is 0 Å². The maximum atomic E-state index is 2.54. The molecule has 0 saturated carbocycles. The van der Waals surface area contributed by atoms with E-state index < -0.39 is 0 Å². The van der Waals surface area contributed by atoms with E-state index in [1.807, 2.05) is 0 Å². The number of para-hydroxylation sites is 4. The van der Waals surface area contributed by atoms with Gasteiger partial charge < -0.3 is 9.80 Å². The number of rotatable bonds is 4. The highest BCUT2D eigenvalue weighted by Crippen LogP contribution is 2.59.